The van der Waals surface area contributed by atoms with Gasteiger partial charge < -0.3 is 21.5 Å². The van der Waals surface area contributed by atoms with Gasteiger partial charge in [0.15, 0.2) is 0 Å². The summed E-state index contributed by atoms with van der Waals surface area (Å²) in [7, 11) is 0. The fourth-order valence-corrected chi connectivity index (χ4v) is 0. The molecule has 0 aliphatic rings. The Morgan fingerprint density at radius 2 is 1.25 bits per heavy atom. The Kier molecular flexibility index (Phi) is 115. The molecule has 0 saturated heterocycles. The molecular weight excluding hydrogens is 192 g/mol. The average molecular weight is 204 g/mol. The Bertz CT molecular complexity index is 33.4. The molecule has 5 nitrogen and oxygen atoms in total. The second-order valence-electron chi connectivity index (χ2n) is 0.519. The number of hydrogen-bond acceptors (Lipinski definition) is 1. The molecule has 6 heteroatoms. The molecule has 0 bridgehead atoms. The summed E-state index contributed by atoms with van der Waals surface area (Å²) in [4.78, 5) is 9.00. The van der Waals surface area contributed by atoms with E-state index < -0.39 is 5.97 Å². The molecule has 7 N–H and O–H groups in total. The van der Waals surface area contributed by atoms with Crippen molar-refractivity contribution in [1.29, 1.82) is 0 Å². The summed E-state index contributed by atoms with van der Waals surface area (Å²) in [6.07, 6.45) is 0. The van der Waals surface area contributed by atoms with Crippen LogP contribution in [0.25, 0.3) is 0 Å². The van der Waals surface area contributed by atoms with E-state index in [1.165, 1.54) is 0 Å². The predicted molar refractivity (Wildman–Crippen MR) is 32.7 cm³/mol. The van der Waals surface area contributed by atoms with Crippen LogP contribution in [0, 0.1) is 0 Å². The van der Waals surface area contributed by atoms with Crippen LogP contribution < -0.4 is 0 Å². The minimum atomic E-state index is -0.833. The third-order valence-electron chi connectivity index (χ3n) is 0. The zero-order valence-corrected chi connectivity index (χ0v) is 3.86. The van der Waals surface area contributed by atoms with Gasteiger partial charge in [-0.2, -0.15) is 0 Å². The quantitative estimate of drug-likeness (QED) is 0.413. The van der Waals surface area contributed by atoms with Crippen LogP contribution in [0.3, 0.4) is 0 Å². The van der Waals surface area contributed by atoms with E-state index in [2.05, 4.69) is 0 Å². The van der Waals surface area contributed by atoms with E-state index in [9.17, 15) is 0 Å². The van der Waals surface area contributed by atoms with Crippen LogP contribution in [-0.2, 0) is 4.79 Å². The summed E-state index contributed by atoms with van der Waals surface area (Å²) in [5, 5.41) is 7.42. The third-order valence-corrected chi connectivity index (χ3v) is 0. The van der Waals surface area contributed by atoms with Crippen molar-refractivity contribution in [3.63, 3.8) is 0 Å². The van der Waals surface area contributed by atoms with E-state index in [0.717, 1.165) is 6.92 Å². The fraction of sp³-hybridized carbons (Fsp3) is 0.500. The van der Waals surface area contributed by atoms with Crippen molar-refractivity contribution in [2.45, 2.75) is 6.92 Å². The molecular formula is C2H12O5Sr. The number of aliphatic carboxylic acids is 1. The Morgan fingerprint density at radius 3 is 1.25 bits per heavy atom. The molecule has 0 aromatic heterocycles. The van der Waals surface area contributed by atoms with Gasteiger partial charge in [-0.25, -0.2) is 0 Å². The van der Waals surface area contributed by atoms with Crippen LogP contribution in [0.1, 0.15) is 6.92 Å². The molecule has 0 heterocycles. The normalized spacial score (nSPS) is 3.12. The maximum absolute atomic E-state index is 9.00. The topological polar surface area (TPSA) is 132 Å². The van der Waals surface area contributed by atoms with Crippen LogP contribution in [0.15, 0.2) is 0 Å². The van der Waals surface area contributed by atoms with Gasteiger partial charge in [0, 0.05) is 6.92 Å². The summed E-state index contributed by atoms with van der Waals surface area (Å²) >= 11 is 0. The first kappa shape index (κ1) is 36.9. The van der Waals surface area contributed by atoms with Crippen molar-refractivity contribution in [3.05, 3.63) is 0 Å². The number of hydrogen-bond donors (Lipinski definition) is 1. The fourth-order valence-electron chi connectivity index (χ4n) is 0. The first-order chi connectivity index (χ1) is 1.73. The Balaban J connectivity index is -0.00000000750. The standard InChI is InChI=1S/C2H4O2.3H2O.Sr.2H/c1-2(3)4;;;;;;/h1H3,(H,3,4);3*1H2;;;. The van der Waals surface area contributed by atoms with Gasteiger partial charge in [-0.1, -0.05) is 0 Å². The summed E-state index contributed by atoms with van der Waals surface area (Å²) in [5.74, 6) is -0.833. The Morgan fingerprint density at radius 1 is 1.25 bits per heavy atom. The molecule has 0 amide bonds. The monoisotopic (exact) mass is 204 g/mol. The van der Waals surface area contributed by atoms with Crippen molar-refractivity contribution in [3.8, 4) is 0 Å². The zero-order valence-electron chi connectivity index (χ0n) is 3.86. The molecule has 0 fully saturated rings. The second kappa shape index (κ2) is 24.9. The van der Waals surface area contributed by atoms with Crippen molar-refractivity contribution in [2.75, 3.05) is 0 Å². The molecule has 0 aliphatic heterocycles. The minimum absolute atomic E-state index is 0. The molecule has 0 aromatic carbocycles. The van der Waals surface area contributed by atoms with E-state index >= 15 is 0 Å². The first-order valence-electron chi connectivity index (χ1n) is 0.928. The van der Waals surface area contributed by atoms with Gasteiger partial charge in [-0.15, -0.1) is 0 Å². The molecule has 0 rings (SSSR count). The van der Waals surface area contributed by atoms with E-state index in [-0.39, 0.29) is 61.9 Å². The summed E-state index contributed by atoms with van der Waals surface area (Å²) in [5.41, 5.74) is 0. The number of carboxylic acids is 1. The number of carbonyl (C=O) groups is 1. The van der Waals surface area contributed by atoms with Gasteiger partial charge in [-0.05, 0) is 0 Å². The average Bonchev–Trinajstić information content (AvgIpc) is 0.811. The molecule has 0 radical (unpaired) electrons. The molecule has 8 heavy (non-hydrogen) atoms. The van der Waals surface area contributed by atoms with Gasteiger partial charge in [0.2, 0.25) is 0 Å². The SMILES string of the molecule is CC(=O)O.O.O.O.[SrH2]. The Hall–Kier alpha value is 0.831. The Labute approximate surface area is 83.9 Å². The summed E-state index contributed by atoms with van der Waals surface area (Å²) in [6.45, 7) is 1.08. The molecule has 0 saturated carbocycles. The predicted octanol–water partition coefficient (Wildman–Crippen LogP) is -3.30. The molecule has 0 atom stereocenters. The van der Waals surface area contributed by atoms with E-state index in [4.69, 9.17) is 9.90 Å². The van der Waals surface area contributed by atoms with E-state index in [1.54, 1.807) is 0 Å². The summed E-state index contributed by atoms with van der Waals surface area (Å²) < 4.78 is 0. The van der Waals surface area contributed by atoms with Crippen LogP contribution in [0.2, 0.25) is 0 Å². The van der Waals surface area contributed by atoms with Gasteiger partial charge >= 0.3 is 45.5 Å². The van der Waals surface area contributed by atoms with Crippen LogP contribution in [-0.4, -0.2) is 73.0 Å². The van der Waals surface area contributed by atoms with Gasteiger partial charge in [-0.3, -0.25) is 4.79 Å². The molecule has 0 unspecified atom stereocenters. The summed E-state index contributed by atoms with van der Waals surface area (Å²) in [6, 6.07) is 0. The van der Waals surface area contributed by atoms with Crippen LogP contribution in [0.4, 0.5) is 0 Å². The zero-order chi connectivity index (χ0) is 3.58. The van der Waals surface area contributed by atoms with E-state index in [0.29, 0.717) is 0 Å². The van der Waals surface area contributed by atoms with Crippen molar-refractivity contribution < 1.29 is 26.3 Å². The third kappa shape index (κ3) is 337. The first-order valence-corrected chi connectivity index (χ1v) is 0.928. The van der Waals surface area contributed by atoms with Crippen LogP contribution >= 0.6 is 0 Å². The van der Waals surface area contributed by atoms with Crippen molar-refractivity contribution in [1.82, 2.24) is 0 Å². The van der Waals surface area contributed by atoms with Gasteiger partial charge in [0.1, 0.15) is 0 Å². The number of carboxylic acid groups (broad SMARTS) is 1. The van der Waals surface area contributed by atoms with Gasteiger partial charge in [0.05, 0.1) is 0 Å². The molecule has 0 aromatic rings. The molecule has 0 aliphatic carbocycles. The second-order valence-corrected chi connectivity index (χ2v) is 0.519. The van der Waals surface area contributed by atoms with Crippen molar-refractivity contribution in [2.24, 2.45) is 0 Å². The molecule has 0 spiro atoms. The van der Waals surface area contributed by atoms with E-state index in [1.807, 2.05) is 0 Å². The maximum atomic E-state index is 9.00. The number of rotatable bonds is 0. The van der Waals surface area contributed by atoms with Crippen LogP contribution in [0.5, 0.6) is 0 Å². The van der Waals surface area contributed by atoms with Crippen molar-refractivity contribution >= 4 is 51.5 Å². The van der Waals surface area contributed by atoms with Gasteiger partial charge in [0.25, 0.3) is 5.97 Å². The molecule has 52 valence electrons.